The first-order chi connectivity index (χ1) is 29.9. The van der Waals surface area contributed by atoms with Gasteiger partial charge in [0.2, 0.25) is 11.8 Å². The van der Waals surface area contributed by atoms with Crippen molar-refractivity contribution < 1.29 is 28.3 Å². The summed E-state index contributed by atoms with van der Waals surface area (Å²) in [6.07, 6.45) is 14.4. The van der Waals surface area contributed by atoms with Crippen LogP contribution in [0.15, 0.2) is 55.0 Å². The molecule has 4 amide bonds. The van der Waals surface area contributed by atoms with E-state index < -0.39 is 41.6 Å². The summed E-state index contributed by atoms with van der Waals surface area (Å²) in [5.41, 5.74) is 9.41. The highest BCUT2D eigenvalue weighted by Crippen LogP contribution is 2.38. The summed E-state index contributed by atoms with van der Waals surface area (Å²) in [6, 6.07) is 9.17. The third kappa shape index (κ3) is 9.46. The maximum absolute atomic E-state index is 14.2. The molecule has 4 aromatic rings. The molecule has 2 atom stereocenters. The van der Waals surface area contributed by atoms with Crippen LogP contribution in [0, 0.1) is 5.82 Å². The lowest BCUT2D eigenvalue weighted by Crippen LogP contribution is -2.55. The van der Waals surface area contributed by atoms with Gasteiger partial charge in [0, 0.05) is 72.4 Å². The molecule has 0 aliphatic carbocycles. The summed E-state index contributed by atoms with van der Waals surface area (Å²) < 4.78 is 22.3. The number of ether oxygens (including phenoxy) is 1. The molecule has 62 heavy (non-hydrogen) atoms. The molecule has 17 heteroatoms. The smallest absolute Gasteiger partial charge is 0.264 e. The number of carbonyl (C=O) groups excluding carboxylic acids is 4. The number of nitrogens with two attached hydrogens (primary N) is 1. The van der Waals surface area contributed by atoms with Gasteiger partial charge in [-0.2, -0.15) is 5.10 Å². The van der Waals surface area contributed by atoms with E-state index >= 15 is 0 Å². The Labute approximate surface area is 370 Å². The molecule has 4 aliphatic rings. The number of nitrogens with one attached hydrogen (secondary N) is 2. The van der Waals surface area contributed by atoms with E-state index in [1.54, 1.807) is 25.3 Å². The molecular weight excluding hydrogens is 836 g/mol. The molecule has 0 spiro atoms. The van der Waals surface area contributed by atoms with Crippen molar-refractivity contribution in [2.75, 3.05) is 50.3 Å². The zero-order valence-corrected chi connectivity index (χ0v) is 36.3. The summed E-state index contributed by atoms with van der Waals surface area (Å²) in [7, 11) is 0. The second-order valence-corrected chi connectivity index (χ2v) is 17.6. The monoisotopic (exact) mass is 887 g/mol. The zero-order valence-electron chi connectivity index (χ0n) is 34.8. The highest BCUT2D eigenvalue weighted by molar-refractivity contribution is 6.36. The maximum atomic E-state index is 14.2. The number of unbranched alkanes of at least 4 members (excludes halogenated alkanes) is 5. The van der Waals surface area contributed by atoms with Crippen molar-refractivity contribution in [3.63, 3.8) is 0 Å². The minimum Gasteiger partial charge on any atom is -0.482 e. The first kappa shape index (κ1) is 43.6. The van der Waals surface area contributed by atoms with Crippen LogP contribution in [0.3, 0.4) is 0 Å². The van der Waals surface area contributed by atoms with Gasteiger partial charge in [-0.1, -0.05) is 55.0 Å². The van der Waals surface area contributed by atoms with Crippen molar-refractivity contribution in [3.05, 3.63) is 87.5 Å². The van der Waals surface area contributed by atoms with Crippen LogP contribution < -0.4 is 21.1 Å². The van der Waals surface area contributed by atoms with Gasteiger partial charge in [-0.15, -0.1) is 0 Å². The normalized spacial score (nSPS) is 19.4. The fraction of sp³-hybridized carbons (Fsp3) is 0.467. The van der Waals surface area contributed by atoms with Crippen molar-refractivity contribution in [2.45, 2.75) is 95.4 Å². The summed E-state index contributed by atoms with van der Waals surface area (Å²) in [5.74, 6) is -2.00. The number of benzene rings is 2. The van der Waals surface area contributed by atoms with Crippen molar-refractivity contribution >= 4 is 58.3 Å². The summed E-state index contributed by atoms with van der Waals surface area (Å²) >= 11 is 12.5. The Hall–Kier alpha value is -5.09. The highest BCUT2D eigenvalue weighted by Gasteiger charge is 2.46. The first-order valence-corrected chi connectivity index (χ1v) is 22.4. The van der Waals surface area contributed by atoms with Crippen LogP contribution in [-0.2, 0) is 9.59 Å². The molecule has 0 bridgehead atoms. The Morgan fingerprint density at radius 3 is 2.39 bits per heavy atom. The van der Waals surface area contributed by atoms with Crippen LogP contribution in [0.2, 0.25) is 10.0 Å². The molecule has 14 nitrogen and oxygen atoms in total. The van der Waals surface area contributed by atoms with E-state index in [9.17, 15) is 23.6 Å². The van der Waals surface area contributed by atoms with Gasteiger partial charge < -0.3 is 20.7 Å². The average molecular weight is 889 g/mol. The number of aromatic nitrogens is 3. The van der Waals surface area contributed by atoms with E-state index in [4.69, 9.17) is 38.8 Å². The van der Waals surface area contributed by atoms with Crippen LogP contribution in [0.4, 0.5) is 15.9 Å². The predicted octanol–water partition coefficient (Wildman–Crippen LogP) is 7.29. The van der Waals surface area contributed by atoms with Gasteiger partial charge in [-0.05, 0) is 82.4 Å². The number of nitrogen functional groups attached to an aromatic ring is 1. The summed E-state index contributed by atoms with van der Waals surface area (Å²) in [4.78, 5) is 60.9. The Morgan fingerprint density at radius 2 is 1.65 bits per heavy atom. The van der Waals surface area contributed by atoms with Crippen LogP contribution in [0.5, 0.6) is 5.75 Å². The van der Waals surface area contributed by atoms with Gasteiger partial charge in [0.1, 0.15) is 18.0 Å². The van der Waals surface area contributed by atoms with E-state index in [1.807, 2.05) is 24.5 Å². The van der Waals surface area contributed by atoms with Crippen molar-refractivity contribution in [1.82, 2.24) is 34.8 Å². The van der Waals surface area contributed by atoms with Crippen molar-refractivity contribution in [2.24, 2.45) is 0 Å². The lowest BCUT2D eigenvalue weighted by molar-refractivity contribution is -0.136. The molecule has 8 rings (SSSR count). The average Bonchev–Trinajstić information content (AvgIpc) is 3.83. The number of fused-ring (bicyclic) bond motifs is 1. The Kier molecular flexibility index (Phi) is 13.4. The molecule has 328 valence electrons. The zero-order chi connectivity index (χ0) is 43.5. The topological polar surface area (TPSA) is 168 Å². The van der Waals surface area contributed by atoms with E-state index in [-0.39, 0.29) is 35.3 Å². The SMILES string of the molecule is C[C@@H](Oc1cc(-c2cnn(C3CCN(CCCCCCCCN4CC(Nc5cccc6c5C(=O)N(C5CCC(=O)NC5=O)C6=O)C4)CC3)c2)cnc1N)c1c(Cl)ccc(F)c1Cl. The fourth-order valence-corrected chi connectivity index (χ4v) is 9.72. The van der Waals surface area contributed by atoms with Gasteiger partial charge in [-0.3, -0.25) is 39.0 Å². The largest absolute Gasteiger partial charge is 0.482 e. The molecule has 4 aliphatic heterocycles. The van der Waals surface area contributed by atoms with Crippen LogP contribution >= 0.6 is 23.2 Å². The number of piperidine rings is 2. The number of carbonyl (C=O) groups is 4. The lowest BCUT2D eigenvalue weighted by atomic mass is 10.0. The molecule has 4 N–H and O–H groups in total. The molecule has 2 aromatic heterocycles. The number of anilines is 2. The fourth-order valence-electron chi connectivity index (χ4n) is 9.04. The van der Waals surface area contributed by atoms with Crippen molar-refractivity contribution in [1.29, 1.82) is 0 Å². The van der Waals surface area contributed by atoms with Gasteiger partial charge in [0.25, 0.3) is 11.8 Å². The standard InChI is InChI=1S/C45H52Cl2FN9O5/c1-27(39-33(46)11-12-34(48)41(39)47)62-37-21-28(22-50-42(37)49)29-23-51-56(24-29)31-15-19-54(20-16-31)17-6-4-2-3-5-7-18-55-25-30(26-55)52-35-10-8-9-32-40(35)45(61)57(44(32)60)36-13-14-38(58)53-43(36)59/h8-12,21-24,27,30-31,36,52H,2-7,13-20,25-26H2,1H3,(H2,49,50)(H,53,58,59)/t27-,36?/m1/s1. The molecule has 3 fully saturated rings. The van der Waals surface area contributed by atoms with E-state index in [0.29, 0.717) is 33.6 Å². The van der Waals surface area contributed by atoms with Gasteiger partial charge >= 0.3 is 0 Å². The number of likely N-dealkylation sites (tertiary alicyclic amines) is 2. The second-order valence-electron chi connectivity index (χ2n) is 16.8. The third-order valence-electron chi connectivity index (χ3n) is 12.5. The molecule has 0 radical (unpaired) electrons. The van der Waals surface area contributed by atoms with Crippen LogP contribution in [0.25, 0.3) is 11.1 Å². The lowest BCUT2D eigenvalue weighted by Gasteiger charge is -2.40. The minimum absolute atomic E-state index is 0.0851. The quantitative estimate of drug-likeness (QED) is 0.0554. The number of halogens is 3. The summed E-state index contributed by atoms with van der Waals surface area (Å²) in [6.45, 7) is 7.69. The number of nitrogens with zero attached hydrogens (tertiary/aromatic N) is 6. The van der Waals surface area contributed by atoms with Gasteiger partial charge in [0.15, 0.2) is 11.6 Å². The molecule has 2 aromatic carbocycles. The van der Waals surface area contributed by atoms with Crippen LogP contribution in [-0.4, -0.2) is 104 Å². The van der Waals surface area contributed by atoms with E-state index in [2.05, 4.69) is 30.1 Å². The number of rotatable bonds is 17. The third-order valence-corrected chi connectivity index (χ3v) is 13.2. The van der Waals surface area contributed by atoms with E-state index in [1.165, 1.54) is 44.2 Å². The number of hydrogen-bond donors (Lipinski definition) is 3. The highest BCUT2D eigenvalue weighted by atomic mass is 35.5. The van der Waals surface area contributed by atoms with Gasteiger partial charge in [0.05, 0.1) is 34.4 Å². The minimum atomic E-state index is -0.976. The van der Waals surface area contributed by atoms with Gasteiger partial charge in [-0.25, -0.2) is 9.37 Å². The molecular formula is C45H52Cl2FN9O5. The Morgan fingerprint density at radius 1 is 0.919 bits per heavy atom. The van der Waals surface area contributed by atoms with E-state index in [0.717, 1.165) is 74.6 Å². The molecule has 1 unspecified atom stereocenters. The number of pyridine rings is 1. The Bertz CT molecular complexity index is 2330. The maximum Gasteiger partial charge on any atom is 0.264 e. The van der Waals surface area contributed by atoms with Crippen LogP contribution in [0.1, 0.15) is 110 Å². The first-order valence-electron chi connectivity index (χ1n) is 21.6. The molecule has 0 saturated carbocycles. The molecule has 3 saturated heterocycles. The predicted molar refractivity (Wildman–Crippen MR) is 235 cm³/mol. The van der Waals surface area contributed by atoms with Crippen molar-refractivity contribution in [3.8, 4) is 16.9 Å². The summed E-state index contributed by atoms with van der Waals surface area (Å²) in [5, 5.41) is 10.6. The number of hydrogen-bond acceptors (Lipinski definition) is 11. The second kappa shape index (κ2) is 19.1. The Balaban J connectivity index is 0.694. The molecule has 6 heterocycles. The number of amides is 4. The number of imide groups is 2.